The molecule has 1 aromatic heterocycles. The van der Waals surface area contributed by atoms with E-state index in [1.54, 1.807) is 19.3 Å². The maximum atomic E-state index is 12.1. The summed E-state index contributed by atoms with van der Waals surface area (Å²) < 4.78 is 23.0. The fourth-order valence-corrected chi connectivity index (χ4v) is 4.68. The number of rotatable bonds is 5. The Bertz CT molecular complexity index is 603. The number of pyridine rings is 1. The van der Waals surface area contributed by atoms with E-state index in [1.807, 2.05) is 24.1 Å². The van der Waals surface area contributed by atoms with Crippen LogP contribution in [0.3, 0.4) is 0 Å². The molecule has 1 aliphatic rings. The molecule has 7 heteroatoms. The van der Waals surface area contributed by atoms with Crippen molar-refractivity contribution in [3.8, 4) is 0 Å². The van der Waals surface area contributed by atoms with Gasteiger partial charge in [0.2, 0.25) is 5.91 Å². The van der Waals surface area contributed by atoms with E-state index in [1.165, 1.54) is 0 Å². The summed E-state index contributed by atoms with van der Waals surface area (Å²) in [5.74, 6) is 0.0221. The van der Waals surface area contributed by atoms with Gasteiger partial charge in [-0.2, -0.15) is 0 Å². The van der Waals surface area contributed by atoms with Crippen LogP contribution in [0.15, 0.2) is 24.5 Å². The van der Waals surface area contributed by atoms with Crippen LogP contribution < -0.4 is 5.32 Å². The highest BCUT2D eigenvalue weighted by Gasteiger charge is 2.39. The van der Waals surface area contributed by atoms with Crippen molar-refractivity contribution in [2.75, 3.05) is 25.1 Å². The minimum Gasteiger partial charge on any atom is -0.349 e. The van der Waals surface area contributed by atoms with Crippen LogP contribution >= 0.6 is 0 Å². The highest BCUT2D eigenvalue weighted by Crippen LogP contribution is 2.22. The zero-order valence-corrected chi connectivity index (χ0v) is 13.2. The molecule has 1 saturated heterocycles. The zero-order valence-electron chi connectivity index (χ0n) is 12.4. The van der Waals surface area contributed by atoms with Gasteiger partial charge in [-0.25, -0.2) is 8.42 Å². The normalized spacial score (nSPS) is 24.1. The number of amides is 1. The van der Waals surface area contributed by atoms with Crippen LogP contribution in [0.25, 0.3) is 0 Å². The van der Waals surface area contributed by atoms with Gasteiger partial charge in [0.15, 0.2) is 9.84 Å². The molecular weight excluding hydrogens is 290 g/mol. The summed E-state index contributed by atoms with van der Waals surface area (Å²) in [6, 6.07) is 3.81. The number of sulfone groups is 1. The lowest BCUT2D eigenvalue weighted by atomic mass is 10.0. The molecule has 116 valence electrons. The van der Waals surface area contributed by atoms with E-state index in [2.05, 4.69) is 10.3 Å². The average Bonchev–Trinajstić information content (AvgIpc) is 2.63. The third-order valence-corrected chi connectivity index (χ3v) is 5.44. The van der Waals surface area contributed by atoms with Gasteiger partial charge < -0.3 is 5.32 Å². The lowest BCUT2D eigenvalue weighted by molar-refractivity contribution is -0.123. The van der Waals surface area contributed by atoms with Gasteiger partial charge in [0.1, 0.15) is 0 Å². The first-order valence-corrected chi connectivity index (χ1v) is 8.69. The van der Waals surface area contributed by atoms with Crippen molar-refractivity contribution in [1.82, 2.24) is 15.2 Å². The Morgan fingerprint density at radius 2 is 2.29 bits per heavy atom. The average molecular weight is 311 g/mol. The lowest BCUT2D eigenvalue weighted by Crippen LogP contribution is -2.49. The predicted molar refractivity (Wildman–Crippen MR) is 80.4 cm³/mol. The summed E-state index contributed by atoms with van der Waals surface area (Å²) in [4.78, 5) is 18.0. The maximum Gasteiger partial charge on any atom is 0.234 e. The summed E-state index contributed by atoms with van der Waals surface area (Å²) in [6.07, 6.45) is 3.95. The van der Waals surface area contributed by atoms with Crippen molar-refractivity contribution >= 4 is 15.7 Å². The van der Waals surface area contributed by atoms with Gasteiger partial charge in [-0.15, -0.1) is 0 Å². The van der Waals surface area contributed by atoms with Crippen molar-refractivity contribution in [1.29, 1.82) is 0 Å². The highest BCUT2D eigenvalue weighted by atomic mass is 32.2. The number of nitrogens with zero attached hydrogens (tertiary/aromatic N) is 2. The molecule has 0 radical (unpaired) electrons. The van der Waals surface area contributed by atoms with Crippen LogP contribution in [0.1, 0.15) is 18.9 Å². The van der Waals surface area contributed by atoms with E-state index in [4.69, 9.17) is 0 Å². The topological polar surface area (TPSA) is 79.4 Å². The second-order valence-electron chi connectivity index (χ2n) is 5.98. The number of nitrogens with one attached hydrogen (secondary N) is 1. The van der Waals surface area contributed by atoms with Crippen LogP contribution in [-0.2, 0) is 21.2 Å². The molecule has 1 unspecified atom stereocenters. The van der Waals surface area contributed by atoms with Crippen LogP contribution in [0.4, 0.5) is 0 Å². The number of carbonyl (C=O) groups excluding carboxylic acids is 1. The Hall–Kier alpha value is -1.47. The molecule has 1 fully saturated rings. The zero-order chi connectivity index (χ0) is 15.5. The van der Waals surface area contributed by atoms with E-state index >= 15 is 0 Å². The van der Waals surface area contributed by atoms with Crippen molar-refractivity contribution in [3.63, 3.8) is 0 Å². The fourth-order valence-electron chi connectivity index (χ4n) is 2.59. The Balaban J connectivity index is 1.84. The van der Waals surface area contributed by atoms with Crippen molar-refractivity contribution in [3.05, 3.63) is 30.1 Å². The molecule has 0 aliphatic carbocycles. The van der Waals surface area contributed by atoms with Crippen molar-refractivity contribution in [2.45, 2.75) is 25.4 Å². The summed E-state index contributed by atoms with van der Waals surface area (Å²) in [6.45, 7) is 2.64. The maximum absolute atomic E-state index is 12.1. The van der Waals surface area contributed by atoms with Crippen molar-refractivity contribution < 1.29 is 13.2 Å². The molecule has 1 aromatic rings. The molecule has 0 aromatic carbocycles. The fraction of sp³-hybridized carbons (Fsp3) is 0.571. The van der Waals surface area contributed by atoms with Crippen LogP contribution in [0.2, 0.25) is 0 Å². The molecule has 1 amide bonds. The molecule has 1 aliphatic heterocycles. The minimum absolute atomic E-state index is 0.0259. The third-order valence-electron chi connectivity index (χ3n) is 3.53. The summed E-state index contributed by atoms with van der Waals surface area (Å²) in [5.41, 5.74) is 0.396. The Morgan fingerprint density at radius 3 is 2.86 bits per heavy atom. The van der Waals surface area contributed by atoms with Crippen molar-refractivity contribution in [2.24, 2.45) is 0 Å². The molecule has 0 bridgehead atoms. The summed E-state index contributed by atoms with van der Waals surface area (Å²) in [5, 5.41) is 2.85. The van der Waals surface area contributed by atoms with Gasteiger partial charge in [0, 0.05) is 18.9 Å². The molecule has 1 N–H and O–H groups in total. The number of carbonyl (C=O) groups is 1. The standard InChI is InChI=1S/C14H21N3O3S/c1-14(5-7-21(19,20)11-14)16-13(18)10-17(2)9-12-4-3-6-15-8-12/h3-4,6,8H,5,7,9-11H2,1-2H3,(H,16,18). The molecule has 0 saturated carbocycles. The number of likely N-dealkylation sites (N-methyl/N-ethyl adjacent to an activating group) is 1. The monoisotopic (exact) mass is 311 g/mol. The summed E-state index contributed by atoms with van der Waals surface area (Å²) >= 11 is 0. The second kappa shape index (κ2) is 6.11. The second-order valence-corrected chi connectivity index (χ2v) is 8.17. The van der Waals surface area contributed by atoms with Gasteiger partial charge in [-0.05, 0) is 32.0 Å². The van der Waals surface area contributed by atoms with Crippen LogP contribution in [0, 0.1) is 0 Å². The molecule has 6 nitrogen and oxygen atoms in total. The van der Waals surface area contributed by atoms with E-state index in [9.17, 15) is 13.2 Å². The predicted octanol–water partition coefficient (Wildman–Crippen LogP) is 0.207. The van der Waals surface area contributed by atoms with Gasteiger partial charge in [0.05, 0.1) is 23.6 Å². The highest BCUT2D eigenvalue weighted by molar-refractivity contribution is 7.91. The SMILES string of the molecule is CN(CC(=O)NC1(C)CCS(=O)(=O)C1)Cc1cccnc1. The Morgan fingerprint density at radius 1 is 1.52 bits per heavy atom. The largest absolute Gasteiger partial charge is 0.349 e. The summed E-state index contributed by atoms with van der Waals surface area (Å²) in [7, 11) is -1.17. The number of aromatic nitrogens is 1. The Labute approximate surface area is 125 Å². The molecule has 0 spiro atoms. The quantitative estimate of drug-likeness (QED) is 0.841. The van der Waals surface area contributed by atoms with Crippen LogP contribution in [0.5, 0.6) is 0 Å². The molecular formula is C14H21N3O3S. The molecule has 2 heterocycles. The Kier molecular flexibility index (Phi) is 4.63. The van der Waals surface area contributed by atoms with E-state index in [-0.39, 0.29) is 24.0 Å². The van der Waals surface area contributed by atoms with Gasteiger partial charge >= 0.3 is 0 Å². The van der Waals surface area contributed by atoms with Gasteiger partial charge in [-0.3, -0.25) is 14.7 Å². The van der Waals surface area contributed by atoms with E-state index < -0.39 is 15.4 Å². The first-order valence-electron chi connectivity index (χ1n) is 6.87. The number of hydrogen-bond acceptors (Lipinski definition) is 5. The van der Waals surface area contributed by atoms with Gasteiger partial charge in [-0.1, -0.05) is 6.07 Å². The molecule has 21 heavy (non-hydrogen) atoms. The van der Waals surface area contributed by atoms with E-state index in [0.717, 1.165) is 5.56 Å². The lowest BCUT2D eigenvalue weighted by Gasteiger charge is -2.25. The van der Waals surface area contributed by atoms with Gasteiger partial charge in [0.25, 0.3) is 0 Å². The van der Waals surface area contributed by atoms with E-state index in [0.29, 0.717) is 13.0 Å². The number of hydrogen-bond donors (Lipinski definition) is 1. The molecule has 1 atom stereocenters. The minimum atomic E-state index is -3.01. The smallest absolute Gasteiger partial charge is 0.234 e. The van der Waals surface area contributed by atoms with Crippen LogP contribution in [-0.4, -0.2) is 54.8 Å². The third kappa shape index (κ3) is 4.78. The molecule has 2 rings (SSSR count). The first kappa shape index (κ1) is 15.9. The first-order chi connectivity index (χ1) is 9.78.